The van der Waals surface area contributed by atoms with Gasteiger partial charge in [0.25, 0.3) is 11.6 Å². The minimum Gasteiger partial charge on any atom is -0.453 e. The van der Waals surface area contributed by atoms with Gasteiger partial charge in [-0.15, -0.1) is 0 Å². The number of hydrogen-bond donors (Lipinski definition) is 1. The molecule has 1 atom stereocenters. The van der Waals surface area contributed by atoms with Crippen LogP contribution in [0.1, 0.15) is 52.3 Å². The Balaban J connectivity index is 1.80. The fourth-order valence-electron chi connectivity index (χ4n) is 2.33. The van der Waals surface area contributed by atoms with Gasteiger partial charge in [-0.2, -0.15) is 4.98 Å². The standard InChI is InChI=1S/C19H24N4O6/c1-12(17(25)20-13-8-5-6-9-14(13)23(26)27)28-16(24)11-7-10-15-21-18(22-29-15)19(2,3)4/h5-6,8-9,12H,7,10-11H2,1-4H3,(H,20,25). The lowest BCUT2D eigenvalue weighted by molar-refractivity contribution is -0.383. The molecule has 0 fully saturated rings. The second-order valence-electron chi connectivity index (χ2n) is 7.51. The number of hydrogen-bond acceptors (Lipinski definition) is 8. The lowest BCUT2D eigenvalue weighted by Gasteiger charge is -2.13. The van der Waals surface area contributed by atoms with Crippen LogP contribution in [-0.2, 0) is 26.2 Å². The quantitative estimate of drug-likeness (QED) is 0.402. The van der Waals surface area contributed by atoms with E-state index in [1.54, 1.807) is 6.07 Å². The Bertz CT molecular complexity index is 887. The summed E-state index contributed by atoms with van der Waals surface area (Å²) in [6.07, 6.45) is -0.202. The largest absolute Gasteiger partial charge is 0.453 e. The number of carbonyl (C=O) groups is 2. The highest BCUT2D eigenvalue weighted by Crippen LogP contribution is 2.23. The molecule has 156 valence electrons. The minimum atomic E-state index is -1.10. The molecule has 1 N–H and O–H groups in total. The third-order valence-corrected chi connectivity index (χ3v) is 3.95. The first-order valence-corrected chi connectivity index (χ1v) is 9.14. The number of nitro benzene ring substituents is 1. The molecule has 0 aliphatic rings. The number of rotatable bonds is 8. The Morgan fingerprint density at radius 2 is 2.00 bits per heavy atom. The lowest BCUT2D eigenvalue weighted by Crippen LogP contribution is -2.30. The van der Waals surface area contributed by atoms with E-state index in [0.717, 1.165) is 0 Å². The zero-order chi connectivity index (χ0) is 21.6. The van der Waals surface area contributed by atoms with Gasteiger partial charge in [-0.25, -0.2) is 0 Å². The highest BCUT2D eigenvalue weighted by molar-refractivity contribution is 5.96. The minimum absolute atomic E-state index is 0.0384. The normalized spacial score (nSPS) is 12.3. The van der Waals surface area contributed by atoms with Gasteiger partial charge in [0.15, 0.2) is 11.9 Å². The van der Waals surface area contributed by atoms with Gasteiger partial charge in [0.05, 0.1) is 4.92 Å². The molecule has 1 unspecified atom stereocenters. The van der Waals surface area contributed by atoms with Crippen molar-refractivity contribution in [2.45, 2.75) is 58.5 Å². The number of amides is 1. The van der Waals surface area contributed by atoms with E-state index >= 15 is 0 Å². The van der Waals surface area contributed by atoms with Crippen LogP contribution in [0.25, 0.3) is 0 Å². The summed E-state index contributed by atoms with van der Waals surface area (Å²) in [6.45, 7) is 7.30. The number of nitro groups is 1. The molecular weight excluding hydrogens is 380 g/mol. The number of aryl methyl sites for hydroxylation is 1. The van der Waals surface area contributed by atoms with E-state index in [1.165, 1.54) is 25.1 Å². The van der Waals surface area contributed by atoms with Crippen LogP contribution in [0.5, 0.6) is 0 Å². The number of anilines is 1. The summed E-state index contributed by atoms with van der Waals surface area (Å²) < 4.78 is 10.3. The second-order valence-corrected chi connectivity index (χ2v) is 7.51. The predicted octanol–water partition coefficient (Wildman–Crippen LogP) is 3.17. The van der Waals surface area contributed by atoms with Crippen molar-refractivity contribution in [3.05, 3.63) is 46.1 Å². The predicted molar refractivity (Wildman–Crippen MR) is 103 cm³/mol. The fraction of sp³-hybridized carbons (Fsp3) is 0.474. The Morgan fingerprint density at radius 3 is 2.62 bits per heavy atom. The SMILES string of the molecule is CC(OC(=O)CCCc1nc(C(C)(C)C)no1)C(=O)Nc1ccccc1[N+](=O)[O-]. The van der Waals surface area contributed by atoms with E-state index in [9.17, 15) is 19.7 Å². The number of nitrogens with one attached hydrogen (secondary N) is 1. The third kappa shape index (κ3) is 6.37. The fourth-order valence-corrected chi connectivity index (χ4v) is 2.33. The molecule has 29 heavy (non-hydrogen) atoms. The van der Waals surface area contributed by atoms with Crippen LogP contribution in [-0.4, -0.2) is 33.0 Å². The highest BCUT2D eigenvalue weighted by Gasteiger charge is 2.23. The topological polar surface area (TPSA) is 137 Å². The smallest absolute Gasteiger partial charge is 0.306 e. The molecule has 0 aliphatic heterocycles. The number of para-hydroxylation sites is 2. The van der Waals surface area contributed by atoms with Crippen molar-refractivity contribution >= 4 is 23.3 Å². The van der Waals surface area contributed by atoms with Crippen molar-refractivity contribution in [1.29, 1.82) is 0 Å². The zero-order valence-electron chi connectivity index (χ0n) is 16.8. The van der Waals surface area contributed by atoms with Gasteiger partial charge in [0.2, 0.25) is 5.89 Å². The number of nitrogens with zero attached hydrogens (tertiary/aromatic N) is 3. The summed E-state index contributed by atoms with van der Waals surface area (Å²) in [4.78, 5) is 38.8. The second kappa shape index (κ2) is 9.26. The molecule has 10 heteroatoms. The summed E-state index contributed by atoms with van der Waals surface area (Å²) >= 11 is 0. The number of esters is 1. The van der Waals surface area contributed by atoms with Crippen molar-refractivity contribution < 1.29 is 23.8 Å². The molecule has 2 aromatic rings. The zero-order valence-corrected chi connectivity index (χ0v) is 16.8. The first kappa shape index (κ1) is 22.0. The Labute approximate surface area is 167 Å². The summed E-state index contributed by atoms with van der Waals surface area (Å²) in [5.74, 6) is -0.189. The first-order chi connectivity index (χ1) is 13.6. The van der Waals surface area contributed by atoms with Crippen LogP contribution in [0.4, 0.5) is 11.4 Å². The van der Waals surface area contributed by atoms with E-state index in [0.29, 0.717) is 24.6 Å². The average Bonchev–Trinajstić information content (AvgIpc) is 3.11. The molecule has 1 aromatic carbocycles. The maximum Gasteiger partial charge on any atom is 0.306 e. The average molecular weight is 404 g/mol. The molecule has 0 saturated carbocycles. The van der Waals surface area contributed by atoms with Crippen LogP contribution in [0.3, 0.4) is 0 Å². The molecule has 0 bridgehead atoms. The van der Waals surface area contributed by atoms with E-state index in [2.05, 4.69) is 15.5 Å². The highest BCUT2D eigenvalue weighted by atomic mass is 16.6. The monoisotopic (exact) mass is 404 g/mol. The Morgan fingerprint density at radius 1 is 1.31 bits per heavy atom. The van der Waals surface area contributed by atoms with Gasteiger partial charge in [0, 0.05) is 24.3 Å². The number of benzene rings is 1. The van der Waals surface area contributed by atoms with Gasteiger partial charge in [0.1, 0.15) is 5.69 Å². The third-order valence-electron chi connectivity index (χ3n) is 3.95. The van der Waals surface area contributed by atoms with Crippen LogP contribution in [0, 0.1) is 10.1 Å². The molecule has 1 amide bonds. The van der Waals surface area contributed by atoms with Crippen LogP contribution >= 0.6 is 0 Å². The molecule has 1 aromatic heterocycles. The molecule has 0 spiro atoms. The van der Waals surface area contributed by atoms with E-state index in [-0.39, 0.29) is 23.2 Å². The lowest BCUT2D eigenvalue weighted by atomic mass is 9.96. The van der Waals surface area contributed by atoms with Gasteiger partial charge >= 0.3 is 5.97 Å². The van der Waals surface area contributed by atoms with Crippen LogP contribution in [0.2, 0.25) is 0 Å². The molecule has 0 saturated heterocycles. The Hall–Kier alpha value is -3.30. The molecule has 1 heterocycles. The Kier molecular flexibility index (Phi) is 7.03. The van der Waals surface area contributed by atoms with E-state index in [4.69, 9.17) is 9.26 Å². The summed E-state index contributed by atoms with van der Waals surface area (Å²) in [6, 6.07) is 5.72. The molecule has 0 aliphatic carbocycles. The summed E-state index contributed by atoms with van der Waals surface area (Å²) in [5.41, 5.74) is -0.429. The van der Waals surface area contributed by atoms with E-state index < -0.39 is 22.9 Å². The number of aromatic nitrogens is 2. The molecule has 2 rings (SSSR count). The van der Waals surface area contributed by atoms with Crippen LogP contribution < -0.4 is 5.32 Å². The van der Waals surface area contributed by atoms with Crippen molar-refractivity contribution in [3.8, 4) is 0 Å². The van der Waals surface area contributed by atoms with E-state index in [1.807, 2.05) is 20.8 Å². The molecule has 10 nitrogen and oxygen atoms in total. The maximum atomic E-state index is 12.2. The number of ether oxygens (including phenoxy) is 1. The van der Waals surface area contributed by atoms with Crippen molar-refractivity contribution in [3.63, 3.8) is 0 Å². The van der Waals surface area contributed by atoms with Gasteiger partial charge < -0.3 is 14.6 Å². The summed E-state index contributed by atoms with van der Waals surface area (Å²) in [7, 11) is 0. The van der Waals surface area contributed by atoms with Gasteiger partial charge in [-0.1, -0.05) is 38.1 Å². The van der Waals surface area contributed by atoms with Crippen molar-refractivity contribution in [2.24, 2.45) is 0 Å². The maximum absolute atomic E-state index is 12.2. The van der Waals surface area contributed by atoms with Crippen LogP contribution in [0.15, 0.2) is 28.8 Å². The molecular formula is C19H24N4O6. The first-order valence-electron chi connectivity index (χ1n) is 9.14. The van der Waals surface area contributed by atoms with Gasteiger partial charge in [-0.3, -0.25) is 19.7 Å². The summed E-state index contributed by atoms with van der Waals surface area (Å²) in [5, 5.41) is 17.3. The van der Waals surface area contributed by atoms with Crippen molar-refractivity contribution in [2.75, 3.05) is 5.32 Å². The van der Waals surface area contributed by atoms with Crippen molar-refractivity contribution in [1.82, 2.24) is 10.1 Å². The molecule has 0 radical (unpaired) electrons. The van der Waals surface area contributed by atoms with Gasteiger partial charge in [-0.05, 0) is 19.4 Å². The number of carbonyl (C=O) groups excluding carboxylic acids is 2.